The van der Waals surface area contributed by atoms with Crippen LogP contribution in [-0.4, -0.2) is 13.3 Å². The van der Waals surface area contributed by atoms with Crippen LogP contribution in [0.1, 0.15) is 45.4 Å². The van der Waals surface area contributed by atoms with Gasteiger partial charge in [-0.3, -0.25) is 0 Å². The molecule has 2 heteroatoms. The summed E-state index contributed by atoms with van der Waals surface area (Å²) >= 11 is 0. The van der Waals surface area contributed by atoms with E-state index in [1.807, 2.05) is 0 Å². The summed E-state index contributed by atoms with van der Waals surface area (Å²) < 4.78 is 6.34. The van der Waals surface area contributed by atoms with Crippen molar-refractivity contribution in [2.45, 2.75) is 45.4 Å². The lowest BCUT2D eigenvalue weighted by molar-refractivity contribution is 0.305. The molecule has 172 valence electrons. The monoisotopic (exact) mass is 446 g/mol. The van der Waals surface area contributed by atoms with Crippen LogP contribution >= 0.6 is 0 Å². The van der Waals surface area contributed by atoms with Crippen LogP contribution in [0.5, 0.6) is 5.75 Å². The highest BCUT2D eigenvalue weighted by Crippen LogP contribution is 2.29. The second kappa shape index (κ2) is 12.8. The van der Waals surface area contributed by atoms with Gasteiger partial charge in [0.2, 0.25) is 6.71 Å². The number of ether oxygens (including phenoxy) is 1. The van der Waals surface area contributed by atoms with Gasteiger partial charge in [0.1, 0.15) is 5.75 Å². The van der Waals surface area contributed by atoms with E-state index < -0.39 is 0 Å². The summed E-state index contributed by atoms with van der Waals surface area (Å²) in [6.07, 6.45) is 7.61. The van der Waals surface area contributed by atoms with Gasteiger partial charge in [-0.15, -0.1) is 0 Å². The van der Waals surface area contributed by atoms with Gasteiger partial charge in [-0.25, -0.2) is 0 Å². The maximum absolute atomic E-state index is 6.34. The second-order valence-electron chi connectivity index (χ2n) is 8.95. The summed E-state index contributed by atoms with van der Waals surface area (Å²) in [7, 11) is 0. The van der Waals surface area contributed by atoms with Gasteiger partial charge in [-0.2, -0.15) is 0 Å². The van der Waals surface area contributed by atoms with Gasteiger partial charge in [0, 0.05) is 5.56 Å². The maximum Gasteiger partial charge on any atom is 0.241 e. The first-order valence-corrected chi connectivity index (χ1v) is 12.8. The highest BCUT2D eigenvalue weighted by molar-refractivity contribution is 6.96. The topological polar surface area (TPSA) is 9.23 Å². The van der Waals surface area contributed by atoms with Crippen molar-refractivity contribution < 1.29 is 4.74 Å². The predicted octanol–water partition coefficient (Wildman–Crippen LogP) is 6.61. The first-order valence-electron chi connectivity index (χ1n) is 12.8. The number of hydrogen-bond donors (Lipinski definition) is 0. The molecule has 0 aliphatic rings. The molecular formula is C32H35BO. The Morgan fingerprint density at radius 2 is 1.06 bits per heavy atom. The van der Waals surface area contributed by atoms with Crippen LogP contribution in [0.25, 0.3) is 11.1 Å². The van der Waals surface area contributed by atoms with E-state index >= 15 is 0 Å². The Morgan fingerprint density at radius 1 is 0.529 bits per heavy atom. The van der Waals surface area contributed by atoms with E-state index in [4.69, 9.17) is 4.74 Å². The smallest absolute Gasteiger partial charge is 0.241 e. The lowest BCUT2D eigenvalue weighted by atomic mass is 9.36. The molecule has 0 atom stereocenters. The second-order valence-corrected chi connectivity index (χ2v) is 8.95. The summed E-state index contributed by atoms with van der Waals surface area (Å²) in [5.41, 5.74) is 6.30. The molecule has 0 aromatic heterocycles. The Bertz CT molecular complexity index is 1080. The van der Waals surface area contributed by atoms with E-state index in [0.717, 1.165) is 18.8 Å². The molecule has 0 heterocycles. The number of benzene rings is 4. The molecule has 0 bridgehead atoms. The Labute approximate surface area is 205 Å². The molecule has 0 amide bonds. The van der Waals surface area contributed by atoms with Crippen LogP contribution in [0.15, 0.2) is 109 Å². The van der Waals surface area contributed by atoms with Gasteiger partial charge in [-0.05, 0) is 18.1 Å². The Morgan fingerprint density at radius 3 is 1.74 bits per heavy atom. The highest BCUT2D eigenvalue weighted by atomic mass is 16.5. The van der Waals surface area contributed by atoms with Gasteiger partial charge in [0.05, 0.1) is 6.61 Å². The summed E-state index contributed by atoms with van der Waals surface area (Å²) in [6, 6.07) is 38.9. The molecule has 0 saturated carbocycles. The summed E-state index contributed by atoms with van der Waals surface area (Å²) in [6.45, 7) is 3.19. The molecule has 1 nitrogen and oxygen atoms in total. The van der Waals surface area contributed by atoms with Crippen molar-refractivity contribution in [2.75, 3.05) is 6.61 Å². The molecular weight excluding hydrogens is 411 g/mol. The average Bonchev–Trinajstić information content (AvgIpc) is 2.90. The fourth-order valence-corrected chi connectivity index (χ4v) is 4.72. The molecule has 4 aromatic rings. The third kappa shape index (κ3) is 6.20. The van der Waals surface area contributed by atoms with Crippen molar-refractivity contribution in [1.29, 1.82) is 0 Å². The van der Waals surface area contributed by atoms with E-state index in [0.29, 0.717) is 0 Å². The standard InChI is InChI=1S/C32H35BO/c1-2-3-4-5-6-17-26-34-32-25-16-14-23-30(32)29-22-13-15-24-31(29)33(27-18-9-7-10-19-27)28-20-11-8-12-21-28/h7-16,18-25H,2-6,17,26H2,1H3. The van der Waals surface area contributed by atoms with Crippen molar-refractivity contribution in [3.63, 3.8) is 0 Å². The largest absolute Gasteiger partial charge is 0.493 e. The molecule has 4 rings (SSSR count). The van der Waals surface area contributed by atoms with Crippen molar-refractivity contribution in [3.8, 4) is 16.9 Å². The molecule has 0 N–H and O–H groups in total. The summed E-state index contributed by atoms with van der Waals surface area (Å²) in [5, 5.41) is 0. The van der Waals surface area contributed by atoms with Crippen LogP contribution < -0.4 is 21.1 Å². The van der Waals surface area contributed by atoms with E-state index in [9.17, 15) is 0 Å². The minimum absolute atomic E-state index is 0.158. The Kier molecular flexibility index (Phi) is 9.02. The van der Waals surface area contributed by atoms with E-state index in [-0.39, 0.29) is 6.71 Å². The first-order chi connectivity index (χ1) is 16.9. The Hall–Kier alpha value is -3.26. The first kappa shape index (κ1) is 23.9. The van der Waals surface area contributed by atoms with Crippen molar-refractivity contribution in [3.05, 3.63) is 109 Å². The van der Waals surface area contributed by atoms with Crippen LogP contribution in [0.4, 0.5) is 0 Å². The van der Waals surface area contributed by atoms with Crippen LogP contribution in [0, 0.1) is 0 Å². The van der Waals surface area contributed by atoms with E-state index in [2.05, 4.69) is 116 Å². The third-order valence-electron chi connectivity index (χ3n) is 6.47. The average molecular weight is 446 g/mol. The minimum atomic E-state index is 0.158. The molecule has 0 saturated heterocycles. The number of rotatable bonds is 12. The zero-order valence-corrected chi connectivity index (χ0v) is 20.3. The van der Waals surface area contributed by atoms with Gasteiger partial charge >= 0.3 is 0 Å². The molecule has 0 fully saturated rings. The highest BCUT2D eigenvalue weighted by Gasteiger charge is 2.25. The molecule has 34 heavy (non-hydrogen) atoms. The number of hydrogen-bond acceptors (Lipinski definition) is 1. The normalized spacial score (nSPS) is 10.7. The molecule has 4 aromatic carbocycles. The maximum atomic E-state index is 6.34. The molecule has 0 spiro atoms. The molecule has 0 aliphatic heterocycles. The zero-order chi connectivity index (χ0) is 23.4. The van der Waals surface area contributed by atoms with Crippen molar-refractivity contribution >= 4 is 23.1 Å². The summed E-state index contributed by atoms with van der Waals surface area (Å²) in [4.78, 5) is 0. The Balaban J connectivity index is 1.64. The fourth-order valence-electron chi connectivity index (χ4n) is 4.72. The van der Waals surface area contributed by atoms with Crippen molar-refractivity contribution in [1.82, 2.24) is 0 Å². The zero-order valence-electron chi connectivity index (χ0n) is 20.3. The number of para-hydroxylation sites is 1. The fraction of sp³-hybridized carbons (Fsp3) is 0.250. The van der Waals surface area contributed by atoms with E-state index in [1.54, 1.807) is 0 Å². The minimum Gasteiger partial charge on any atom is -0.493 e. The molecule has 0 unspecified atom stereocenters. The quantitative estimate of drug-likeness (QED) is 0.176. The third-order valence-corrected chi connectivity index (χ3v) is 6.47. The van der Waals surface area contributed by atoms with Gasteiger partial charge in [0.15, 0.2) is 0 Å². The number of unbranched alkanes of at least 4 members (excludes halogenated alkanes) is 5. The lowest BCUT2D eigenvalue weighted by Gasteiger charge is -2.21. The SMILES string of the molecule is CCCCCCCCOc1ccccc1-c1ccccc1B(c1ccccc1)c1ccccc1. The van der Waals surface area contributed by atoms with Crippen LogP contribution in [-0.2, 0) is 0 Å². The van der Waals surface area contributed by atoms with Crippen LogP contribution in [0.2, 0.25) is 0 Å². The van der Waals surface area contributed by atoms with Gasteiger partial charge in [-0.1, -0.05) is 159 Å². The van der Waals surface area contributed by atoms with Crippen molar-refractivity contribution in [2.24, 2.45) is 0 Å². The van der Waals surface area contributed by atoms with Gasteiger partial charge < -0.3 is 4.74 Å². The molecule has 0 radical (unpaired) electrons. The summed E-state index contributed by atoms with van der Waals surface area (Å²) in [5.74, 6) is 0.975. The lowest BCUT2D eigenvalue weighted by Crippen LogP contribution is -2.52. The van der Waals surface area contributed by atoms with Gasteiger partial charge in [0.25, 0.3) is 0 Å². The van der Waals surface area contributed by atoms with Crippen LogP contribution in [0.3, 0.4) is 0 Å². The molecule has 0 aliphatic carbocycles. The van der Waals surface area contributed by atoms with E-state index in [1.165, 1.54) is 59.6 Å². The predicted molar refractivity (Wildman–Crippen MR) is 148 cm³/mol.